The second-order valence-electron chi connectivity index (χ2n) is 7.84. The van der Waals surface area contributed by atoms with E-state index in [-0.39, 0.29) is 12.1 Å². The van der Waals surface area contributed by atoms with Crippen LogP contribution in [0.3, 0.4) is 0 Å². The third kappa shape index (κ3) is 5.50. The van der Waals surface area contributed by atoms with Gasteiger partial charge in [-0.2, -0.15) is 13.2 Å². The molecule has 1 amide bonds. The Hall–Kier alpha value is -2.93. The molecule has 0 unspecified atom stereocenters. The molecule has 3 nitrogen and oxygen atoms in total. The summed E-state index contributed by atoms with van der Waals surface area (Å²) in [6.07, 6.45) is -4.46. The highest BCUT2D eigenvalue weighted by molar-refractivity contribution is 6.35. The van der Waals surface area contributed by atoms with Gasteiger partial charge in [0.05, 0.1) is 22.0 Å². The number of nitrogens with zero attached hydrogens (tertiary/aromatic N) is 1. The average molecular weight is 538 g/mol. The van der Waals surface area contributed by atoms with Gasteiger partial charge in [-0.05, 0) is 78.7 Å². The maximum atomic E-state index is 12.8. The Morgan fingerprint density at radius 3 is 2.11 bits per heavy atom. The summed E-state index contributed by atoms with van der Waals surface area (Å²) in [6.45, 7) is 2.05. The van der Waals surface area contributed by atoms with Crippen molar-refractivity contribution in [3.63, 3.8) is 0 Å². The van der Waals surface area contributed by atoms with Crippen molar-refractivity contribution < 1.29 is 18.0 Å². The Bertz CT molecular complexity index is 1380. The molecule has 0 bridgehead atoms. The largest absolute Gasteiger partial charge is 0.416 e. The Labute approximate surface area is 215 Å². The molecular formula is C26H18Cl3F3N2O. The topological polar surface area (TPSA) is 34.0 Å². The SMILES string of the molecule is Cc1c(CNC(=O)c2ccc(C(F)(F)F)cc2)cc(-c2ccc(Cl)cc2)n1-c1ccc(Cl)cc1Cl. The van der Waals surface area contributed by atoms with Gasteiger partial charge < -0.3 is 9.88 Å². The molecule has 1 aromatic heterocycles. The van der Waals surface area contributed by atoms with Crippen LogP contribution >= 0.6 is 34.8 Å². The fourth-order valence-corrected chi connectivity index (χ4v) is 4.35. The summed E-state index contributed by atoms with van der Waals surface area (Å²) in [5.74, 6) is -0.483. The lowest BCUT2D eigenvalue weighted by molar-refractivity contribution is -0.137. The van der Waals surface area contributed by atoms with Crippen molar-refractivity contribution in [3.05, 3.63) is 110 Å². The summed E-state index contributed by atoms with van der Waals surface area (Å²) in [6, 6.07) is 18.5. The molecule has 0 aliphatic heterocycles. The van der Waals surface area contributed by atoms with Gasteiger partial charge in [0.15, 0.2) is 0 Å². The molecule has 0 saturated carbocycles. The molecule has 0 spiro atoms. The monoisotopic (exact) mass is 536 g/mol. The quantitative estimate of drug-likeness (QED) is 0.273. The summed E-state index contributed by atoms with van der Waals surface area (Å²) < 4.78 is 40.4. The lowest BCUT2D eigenvalue weighted by Crippen LogP contribution is -2.23. The molecule has 0 fully saturated rings. The van der Waals surface area contributed by atoms with E-state index in [0.717, 1.165) is 46.8 Å². The highest BCUT2D eigenvalue weighted by Gasteiger charge is 2.30. The maximum absolute atomic E-state index is 12.8. The van der Waals surface area contributed by atoms with Crippen molar-refractivity contribution in [2.24, 2.45) is 0 Å². The zero-order valence-electron chi connectivity index (χ0n) is 18.3. The van der Waals surface area contributed by atoms with E-state index in [1.165, 1.54) is 0 Å². The molecule has 180 valence electrons. The molecule has 0 aliphatic carbocycles. The predicted octanol–water partition coefficient (Wildman–Crippen LogP) is 8.36. The van der Waals surface area contributed by atoms with Crippen LogP contribution in [0.5, 0.6) is 0 Å². The average Bonchev–Trinajstić information content (AvgIpc) is 3.13. The van der Waals surface area contributed by atoms with Gasteiger partial charge in [0.25, 0.3) is 5.91 Å². The van der Waals surface area contributed by atoms with E-state index < -0.39 is 17.6 Å². The Morgan fingerprint density at radius 1 is 0.886 bits per heavy atom. The molecule has 0 radical (unpaired) electrons. The Morgan fingerprint density at radius 2 is 1.51 bits per heavy atom. The fourth-order valence-electron chi connectivity index (χ4n) is 3.73. The Balaban J connectivity index is 1.66. The molecule has 35 heavy (non-hydrogen) atoms. The number of halogens is 6. The zero-order valence-corrected chi connectivity index (χ0v) is 20.5. The summed E-state index contributed by atoms with van der Waals surface area (Å²) >= 11 is 18.6. The van der Waals surface area contributed by atoms with Crippen LogP contribution in [0, 0.1) is 6.92 Å². The fraction of sp³-hybridized carbons (Fsp3) is 0.115. The van der Waals surface area contributed by atoms with E-state index in [1.54, 1.807) is 24.3 Å². The van der Waals surface area contributed by atoms with Crippen molar-refractivity contribution in [2.45, 2.75) is 19.6 Å². The normalized spacial score (nSPS) is 11.5. The van der Waals surface area contributed by atoms with Gasteiger partial charge in [0.2, 0.25) is 0 Å². The molecule has 3 aromatic carbocycles. The van der Waals surface area contributed by atoms with Crippen LogP contribution in [-0.4, -0.2) is 10.5 Å². The zero-order chi connectivity index (χ0) is 25.3. The summed E-state index contributed by atoms with van der Waals surface area (Å²) in [5.41, 5.74) is 3.36. The van der Waals surface area contributed by atoms with Gasteiger partial charge in [-0.25, -0.2) is 0 Å². The van der Waals surface area contributed by atoms with Gasteiger partial charge in [-0.3, -0.25) is 4.79 Å². The van der Waals surface area contributed by atoms with E-state index in [1.807, 2.05) is 35.8 Å². The molecule has 1 heterocycles. The van der Waals surface area contributed by atoms with Crippen LogP contribution in [0.15, 0.2) is 72.8 Å². The van der Waals surface area contributed by atoms with Crippen molar-refractivity contribution in [1.82, 2.24) is 9.88 Å². The lowest BCUT2D eigenvalue weighted by Gasteiger charge is -2.14. The minimum absolute atomic E-state index is 0.133. The molecule has 4 rings (SSSR count). The Kier molecular flexibility index (Phi) is 7.17. The van der Waals surface area contributed by atoms with Gasteiger partial charge in [0, 0.05) is 27.8 Å². The van der Waals surface area contributed by atoms with E-state index in [4.69, 9.17) is 34.8 Å². The summed E-state index contributed by atoms with van der Waals surface area (Å²) in [7, 11) is 0. The first-order valence-corrected chi connectivity index (χ1v) is 11.6. The molecule has 1 N–H and O–H groups in total. The van der Waals surface area contributed by atoms with Crippen molar-refractivity contribution in [2.75, 3.05) is 0 Å². The number of hydrogen-bond acceptors (Lipinski definition) is 1. The first-order valence-electron chi connectivity index (χ1n) is 10.4. The van der Waals surface area contributed by atoms with Crippen LogP contribution < -0.4 is 5.32 Å². The van der Waals surface area contributed by atoms with E-state index in [2.05, 4.69) is 5.32 Å². The third-order valence-electron chi connectivity index (χ3n) is 5.56. The second-order valence-corrected chi connectivity index (χ2v) is 9.12. The minimum atomic E-state index is -4.46. The number of amides is 1. The third-order valence-corrected chi connectivity index (χ3v) is 6.35. The van der Waals surface area contributed by atoms with Gasteiger partial charge in [-0.1, -0.05) is 46.9 Å². The smallest absolute Gasteiger partial charge is 0.348 e. The molecule has 4 aromatic rings. The predicted molar refractivity (Wildman–Crippen MR) is 134 cm³/mol. The van der Waals surface area contributed by atoms with Crippen LogP contribution in [0.4, 0.5) is 13.2 Å². The number of aromatic nitrogens is 1. The molecule has 0 saturated heterocycles. The van der Waals surface area contributed by atoms with E-state index in [0.29, 0.717) is 20.8 Å². The first kappa shape index (κ1) is 25.2. The first-order chi connectivity index (χ1) is 16.5. The second kappa shape index (κ2) is 9.97. The highest BCUT2D eigenvalue weighted by Crippen LogP contribution is 2.34. The number of nitrogens with one attached hydrogen (secondary N) is 1. The maximum Gasteiger partial charge on any atom is 0.416 e. The number of hydrogen-bond donors (Lipinski definition) is 1. The highest BCUT2D eigenvalue weighted by atomic mass is 35.5. The lowest BCUT2D eigenvalue weighted by atomic mass is 10.1. The van der Waals surface area contributed by atoms with Gasteiger partial charge >= 0.3 is 6.18 Å². The van der Waals surface area contributed by atoms with Crippen LogP contribution in [0.2, 0.25) is 15.1 Å². The minimum Gasteiger partial charge on any atom is -0.348 e. The van der Waals surface area contributed by atoms with Gasteiger partial charge in [0.1, 0.15) is 0 Å². The number of carbonyl (C=O) groups is 1. The molecule has 9 heteroatoms. The van der Waals surface area contributed by atoms with Crippen LogP contribution in [-0.2, 0) is 12.7 Å². The van der Waals surface area contributed by atoms with Crippen LogP contribution in [0.25, 0.3) is 16.9 Å². The number of benzene rings is 3. The van der Waals surface area contributed by atoms with E-state index >= 15 is 0 Å². The molecular weight excluding hydrogens is 520 g/mol. The van der Waals surface area contributed by atoms with Crippen molar-refractivity contribution >= 4 is 40.7 Å². The standard InChI is InChI=1S/C26H18Cl3F3N2O/c1-15-18(14-33-25(35)17-2-6-19(7-3-17)26(30,31)32)12-24(16-4-8-20(27)9-5-16)34(15)23-11-10-21(28)13-22(23)29/h2-13H,14H2,1H3,(H,33,35). The summed E-state index contributed by atoms with van der Waals surface area (Å²) in [5, 5.41) is 4.33. The number of rotatable bonds is 5. The summed E-state index contributed by atoms with van der Waals surface area (Å²) in [4.78, 5) is 12.6. The van der Waals surface area contributed by atoms with E-state index in [9.17, 15) is 18.0 Å². The number of carbonyl (C=O) groups excluding carboxylic acids is 1. The van der Waals surface area contributed by atoms with Crippen LogP contribution in [0.1, 0.15) is 27.2 Å². The molecule has 0 atom stereocenters. The molecule has 0 aliphatic rings. The van der Waals surface area contributed by atoms with Crippen molar-refractivity contribution in [1.29, 1.82) is 0 Å². The number of alkyl halides is 3. The van der Waals surface area contributed by atoms with Crippen molar-refractivity contribution in [3.8, 4) is 16.9 Å². The van der Waals surface area contributed by atoms with Gasteiger partial charge in [-0.15, -0.1) is 0 Å².